The summed E-state index contributed by atoms with van der Waals surface area (Å²) >= 11 is 0. The van der Waals surface area contributed by atoms with Gasteiger partial charge in [0.1, 0.15) is 0 Å². The topological polar surface area (TPSA) is 74.1 Å². The van der Waals surface area contributed by atoms with Crippen molar-refractivity contribution in [2.75, 3.05) is 33.2 Å². The molecule has 0 fully saturated rings. The number of hydrogen-bond donors (Lipinski definition) is 1. The number of aliphatic imine (C=N–C) groups is 2. The van der Waals surface area contributed by atoms with E-state index in [4.69, 9.17) is 0 Å². The van der Waals surface area contributed by atoms with Crippen LogP contribution in [0, 0.1) is 0 Å². The minimum absolute atomic E-state index is 0.00568. The minimum Gasteiger partial charge on any atom is -0.338 e. The van der Waals surface area contributed by atoms with Crippen LogP contribution in [0.4, 0.5) is 4.79 Å². The molecule has 0 rings (SSSR count). The van der Waals surface area contributed by atoms with Crippen LogP contribution in [0.3, 0.4) is 0 Å². The van der Waals surface area contributed by atoms with E-state index in [1.54, 1.807) is 11.0 Å². The monoisotopic (exact) mass is 324 g/mol. The Bertz CT molecular complexity index is 366. The van der Waals surface area contributed by atoms with Crippen LogP contribution in [0.1, 0.15) is 58.3 Å². The van der Waals surface area contributed by atoms with Crippen LogP contribution in [-0.2, 0) is 4.79 Å². The van der Waals surface area contributed by atoms with Gasteiger partial charge in [-0.05, 0) is 38.8 Å². The second-order valence-corrected chi connectivity index (χ2v) is 5.62. The van der Waals surface area contributed by atoms with Crippen LogP contribution in [0.2, 0.25) is 0 Å². The summed E-state index contributed by atoms with van der Waals surface area (Å²) in [7, 11) is 1.83. The number of isocyanates is 1. The lowest BCUT2D eigenvalue weighted by atomic mass is 10.2. The fourth-order valence-electron chi connectivity index (χ4n) is 2.18. The first-order valence-electron chi connectivity index (χ1n) is 8.69. The smallest absolute Gasteiger partial charge is 0.317 e. The second-order valence-electron chi connectivity index (χ2n) is 5.62. The normalized spacial score (nSPS) is 10.5. The number of nitrogens with one attached hydrogen (secondary N) is 1. The third kappa shape index (κ3) is 15.0. The van der Waals surface area contributed by atoms with Crippen molar-refractivity contribution in [1.29, 1.82) is 0 Å². The molecule has 0 heterocycles. The highest BCUT2D eigenvalue weighted by Crippen LogP contribution is 2.02. The summed E-state index contributed by atoms with van der Waals surface area (Å²) in [6, 6.07) is 0.00568. The Balaban J connectivity index is 3.42. The molecule has 1 N–H and O–H groups in total. The second kappa shape index (κ2) is 16.7. The molecule has 0 bridgehead atoms. The molecule has 0 spiro atoms. The number of unbranched alkanes of at least 4 members (excludes halogenated alkanes) is 6. The average Bonchev–Trinajstić information content (AvgIpc) is 2.56. The predicted molar refractivity (Wildman–Crippen MR) is 95.0 cm³/mol. The number of rotatable bonds is 14. The van der Waals surface area contributed by atoms with Crippen molar-refractivity contribution in [2.45, 2.75) is 58.3 Å². The van der Waals surface area contributed by atoms with Crippen LogP contribution < -0.4 is 5.32 Å². The van der Waals surface area contributed by atoms with Crippen molar-refractivity contribution in [3.05, 3.63) is 0 Å². The number of nitrogens with zero attached hydrogens (tertiary/aromatic N) is 3. The van der Waals surface area contributed by atoms with Crippen molar-refractivity contribution in [1.82, 2.24) is 10.2 Å². The molecule has 0 aromatic rings. The highest BCUT2D eigenvalue weighted by Gasteiger charge is 2.06. The summed E-state index contributed by atoms with van der Waals surface area (Å²) in [5.41, 5.74) is 0. The lowest BCUT2D eigenvalue weighted by Gasteiger charge is -2.17. The summed E-state index contributed by atoms with van der Waals surface area (Å²) in [5, 5.41) is 2.95. The van der Waals surface area contributed by atoms with Gasteiger partial charge in [-0.15, -0.1) is 0 Å². The zero-order valence-electron chi connectivity index (χ0n) is 14.7. The van der Waals surface area contributed by atoms with Crippen LogP contribution in [0.5, 0.6) is 0 Å². The van der Waals surface area contributed by atoms with Crippen molar-refractivity contribution >= 4 is 18.3 Å². The molecule has 0 unspecified atom stereocenters. The van der Waals surface area contributed by atoms with E-state index in [9.17, 15) is 9.59 Å². The highest BCUT2D eigenvalue weighted by atomic mass is 16.2. The molecule has 0 saturated carbocycles. The molecule has 23 heavy (non-hydrogen) atoms. The first-order chi connectivity index (χ1) is 11.2. The first-order valence-corrected chi connectivity index (χ1v) is 8.69. The van der Waals surface area contributed by atoms with Gasteiger partial charge >= 0.3 is 6.03 Å². The van der Waals surface area contributed by atoms with Crippen LogP contribution in [0.25, 0.3) is 0 Å². The quantitative estimate of drug-likeness (QED) is 0.303. The lowest BCUT2D eigenvalue weighted by Crippen LogP contribution is -2.38. The van der Waals surface area contributed by atoms with Gasteiger partial charge in [-0.1, -0.05) is 25.7 Å². The third-order valence-corrected chi connectivity index (χ3v) is 3.60. The maximum Gasteiger partial charge on any atom is 0.317 e. The Labute approximate surface area is 140 Å². The molecule has 0 aliphatic carbocycles. The SMILES string of the molecule is C/C=N\CCCCCCNC(=O)N(C)CCCCCCN=C=O. The summed E-state index contributed by atoms with van der Waals surface area (Å²) in [6.07, 6.45) is 11.8. The molecule has 0 aliphatic rings. The summed E-state index contributed by atoms with van der Waals surface area (Å²) in [5.74, 6) is 0. The highest BCUT2D eigenvalue weighted by molar-refractivity contribution is 5.73. The molecule has 0 aromatic carbocycles. The van der Waals surface area contributed by atoms with Crippen molar-refractivity contribution in [3.63, 3.8) is 0 Å². The van der Waals surface area contributed by atoms with Gasteiger partial charge in [0, 0.05) is 26.7 Å². The van der Waals surface area contributed by atoms with Crippen molar-refractivity contribution in [3.8, 4) is 0 Å². The maximum absolute atomic E-state index is 11.9. The van der Waals surface area contributed by atoms with E-state index in [2.05, 4.69) is 15.3 Å². The van der Waals surface area contributed by atoms with Gasteiger partial charge in [-0.2, -0.15) is 0 Å². The van der Waals surface area contributed by atoms with E-state index in [1.165, 1.54) is 0 Å². The first kappa shape index (κ1) is 21.3. The zero-order chi connectivity index (χ0) is 17.2. The largest absolute Gasteiger partial charge is 0.338 e. The molecular weight excluding hydrogens is 292 g/mol. The number of hydrogen-bond acceptors (Lipinski definition) is 4. The molecule has 0 aliphatic heterocycles. The van der Waals surface area contributed by atoms with Crippen LogP contribution in [-0.4, -0.2) is 56.5 Å². The van der Waals surface area contributed by atoms with E-state index < -0.39 is 0 Å². The third-order valence-electron chi connectivity index (χ3n) is 3.60. The lowest BCUT2D eigenvalue weighted by molar-refractivity contribution is 0.207. The van der Waals surface area contributed by atoms with E-state index in [0.717, 1.165) is 71.0 Å². The van der Waals surface area contributed by atoms with Crippen molar-refractivity contribution < 1.29 is 9.59 Å². The number of carbonyl (C=O) groups is 1. The predicted octanol–water partition coefficient (Wildman–Crippen LogP) is 3.18. The van der Waals surface area contributed by atoms with Gasteiger partial charge in [0.05, 0.1) is 6.54 Å². The Kier molecular flexibility index (Phi) is 15.5. The van der Waals surface area contributed by atoms with E-state index in [0.29, 0.717) is 6.54 Å². The Morgan fingerprint density at radius 3 is 2.39 bits per heavy atom. The van der Waals surface area contributed by atoms with Gasteiger partial charge in [-0.25, -0.2) is 14.6 Å². The van der Waals surface area contributed by atoms with E-state index >= 15 is 0 Å². The molecule has 132 valence electrons. The van der Waals surface area contributed by atoms with Gasteiger partial charge < -0.3 is 10.2 Å². The van der Waals surface area contributed by atoms with Gasteiger partial charge in [0.2, 0.25) is 6.08 Å². The summed E-state index contributed by atoms with van der Waals surface area (Å²) < 4.78 is 0. The molecule has 0 atom stereocenters. The number of amides is 2. The molecule has 0 saturated heterocycles. The number of carbonyl (C=O) groups excluding carboxylic acids is 2. The maximum atomic E-state index is 11.9. The van der Waals surface area contributed by atoms with E-state index in [-0.39, 0.29) is 6.03 Å². The van der Waals surface area contributed by atoms with Gasteiger partial charge in [-0.3, -0.25) is 4.99 Å². The molecular formula is C17H32N4O2. The van der Waals surface area contributed by atoms with Crippen molar-refractivity contribution in [2.24, 2.45) is 9.98 Å². The Morgan fingerprint density at radius 1 is 1.04 bits per heavy atom. The average molecular weight is 324 g/mol. The minimum atomic E-state index is 0.00568. The zero-order valence-corrected chi connectivity index (χ0v) is 14.7. The molecule has 0 radical (unpaired) electrons. The molecule has 6 nitrogen and oxygen atoms in total. The molecule has 0 aromatic heterocycles. The fraction of sp³-hybridized carbons (Fsp3) is 0.824. The number of urea groups is 1. The molecule has 6 heteroatoms. The summed E-state index contributed by atoms with van der Waals surface area (Å²) in [4.78, 5) is 31.2. The van der Waals surface area contributed by atoms with E-state index in [1.807, 2.05) is 20.2 Å². The Hall–Kier alpha value is -1.68. The van der Waals surface area contributed by atoms with Gasteiger partial charge in [0.25, 0.3) is 0 Å². The fourth-order valence-corrected chi connectivity index (χ4v) is 2.18. The standard InChI is InChI=1S/C17H32N4O2/c1-3-18-12-8-4-5-10-14-20-17(23)21(2)15-11-7-6-9-13-19-16-22/h3H,4-15H2,1-2H3,(H,20,23)/b18-3-. The van der Waals surface area contributed by atoms with Crippen LogP contribution in [0.15, 0.2) is 9.98 Å². The molecule has 2 amide bonds. The van der Waals surface area contributed by atoms with Crippen LogP contribution >= 0.6 is 0 Å². The summed E-state index contributed by atoms with van der Waals surface area (Å²) in [6.45, 7) is 4.91. The Morgan fingerprint density at radius 2 is 1.70 bits per heavy atom. The van der Waals surface area contributed by atoms with Gasteiger partial charge in [0.15, 0.2) is 0 Å².